The summed E-state index contributed by atoms with van der Waals surface area (Å²) in [6, 6.07) is 0. The van der Waals surface area contributed by atoms with Crippen molar-refractivity contribution >= 4 is 21.6 Å². The zero-order valence-corrected chi connectivity index (χ0v) is 10.8. The second-order valence-electron chi connectivity index (χ2n) is 5.53. The van der Waals surface area contributed by atoms with Crippen molar-refractivity contribution in [1.82, 2.24) is 9.97 Å². The highest BCUT2D eigenvalue weighted by atomic mass is 32.1. The number of fused-ring (bicyclic) bond motifs is 1. The summed E-state index contributed by atoms with van der Waals surface area (Å²) in [6.45, 7) is 4.06. The Morgan fingerprint density at radius 1 is 1.41 bits per heavy atom. The molecule has 4 heteroatoms. The van der Waals surface area contributed by atoms with Gasteiger partial charge in [0, 0.05) is 10.8 Å². The summed E-state index contributed by atoms with van der Waals surface area (Å²) in [6.07, 6.45) is 3.87. The van der Waals surface area contributed by atoms with Gasteiger partial charge in [-0.25, -0.2) is 4.98 Å². The van der Waals surface area contributed by atoms with Crippen LogP contribution in [0.3, 0.4) is 0 Å². The maximum atomic E-state index is 12.1. The molecule has 2 aliphatic carbocycles. The number of nitrogens with one attached hydrogen (secondary N) is 1. The van der Waals surface area contributed by atoms with Gasteiger partial charge in [0.1, 0.15) is 10.7 Å². The van der Waals surface area contributed by atoms with E-state index in [-0.39, 0.29) is 5.56 Å². The van der Waals surface area contributed by atoms with Crippen LogP contribution >= 0.6 is 11.3 Å². The van der Waals surface area contributed by atoms with E-state index >= 15 is 0 Å². The first-order valence-electron chi connectivity index (χ1n) is 6.11. The lowest BCUT2D eigenvalue weighted by Gasteiger charge is -1.98. The lowest BCUT2D eigenvalue weighted by Crippen LogP contribution is -2.11. The zero-order chi connectivity index (χ0) is 11.8. The van der Waals surface area contributed by atoms with Crippen molar-refractivity contribution in [3.05, 3.63) is 26.6 Å². The Bertz CT molecular complexity index is 693. The fraction of sp³-hybridized carbons (Fsp3) is 0.538. The molecule has 2 aromatic heterocycles. The van der Waals surface area contributed by atoms with Gasteiger partial charge in [0.15, 0.2) is 0 Å². The molecule has 0 bridgehead atoms. The molecule has 88 valence electrons. The number of H-pyrrole nitrogens is 1. The monoisotopic (exact) mass is 246 g/mol. The van der Waals surface area contributed by atoms with E-state index in [0.717, 1.165) is 21.6 Å². The number of aryl methyl sites for hydroxylation is 2. The van der Waals surface area contributed by atoms with Crippen LogP contribution in [0, 0.1) is 19.3 Å². The van der Waals surface area contributed by atoms with E-state index in [0.29, 0.717) is 11.3 Å². The summed E-state index contributed by atoms with van der Waals surface area (Å²) in [4.78, 5) is 21.9. The Labute approximate surface area is 103 Å². The SMILES string of the molecule is Cc1sc2nc(C3CC34CC4)[nH]c(=O)c2c1C. The van der Waals surface area contributed by atoms with E-state index in [2.05, 4.69) is 16.9 Å². The number of hydrogen-bond acceptors (Lipinski definition) is 3. The molecule has 2 fully saturated rings. The van der Waals surface area contributed by atoms with Crippen molar-refractivity contribution in [3.63, 3.8) is 0 Å². The Kier molecular flexibility index (Phi) is 1.62. The molecule has 0 aliphatic heterocycles. The topological polar surface area (TPSA) is 45.8 Å². The fourth-order valence-electron chi connectivity index (χ4n) is 2.88. The molecule has 1 spiro atoms. The van der Waals surface area contributed by atoms with Gasteiger partial charge in [-0.15, -0.1) is 11.3 Å². The number of aromatic nitrogens is 2. The van der Waals surface area contributed by atoms with Gasteiger partial charge < -0.3 is 4.98 Å². The molecule has 17 heavy (non-hydrogen) atoms. The van der Waals surface area contributed by atoms with Gasteiger partial charge in [-0.2, -0.15) is 0 Å². The lowest BCUT2D eigenvalue weighted by molar-refractivity contribution is 0.794. The first-order valence-corrected chi connectivity index (χ1v) is 6.92. The quantitative estimate of drug-likeness (QED) is 0.841. The van der Waals surface area contributed by atoms with Crippen molar-refractivity contribution < 1.29 is 0 Å². The second-order valence-corrected chi connectivity index (χ2v) is 6.74. The van der Waals surface area contributed by atoms with E-state index in [9.17, 15) is 4.79 Å². The summed E-state index contributed by atoms with van der Waals surface area (Å²) in [5, 5.41) is 0.793. The summed E-state index contributed by atoms with van der Waals surface area (Å²) >= 11 is 1.64. The molecule has 0 amide bonds. The maximum absolute atomic E-state index is 12.1. The molecule has 1 unspecified atom stereocenters. The second kappa shape index (κ2) is 2.80. The molecular weight excluding hydrogens is 232 g/mol. The molecule has 2 heterocycles. The van der Waals surface area contributed by atoms with Gasteiger partial charge in [0.2, 0.25) is 0 Å². The van der Waals surface area contributed by atoms with Crippen LogP contribution in [-0.4, -0.2) is 9.97 Å². The van der Waals surface area contributed by atoms with Gasteiger partial charge in [-0.3, -0.25) is 4.79 Å². The Hall–Kier alpha value is -1.16. The smallest absolute Gasteiger partial charge is 0.259 e. The summed E-state index contributed by atoms with van der Waals surface area (Å²) in [5.74, 6) is 1.46. The van der Waals surface area contributed by atoms with Crippen molar-refractivity contribution in [2.24, 2.45) is 5.41 Å². The van der Waals surface area contributed by atoms with E-state index in [4.69, 9.17) is 0 Å². The number of rotatable bonds is 1. The molecule has 0 aromatic carbocycles. The first kappa shape index (κ1) is 9.83. The predicted molar refractivity (Wildman–Crippen MR) is 68.7 cm³/mol. The molecule has 0 saturated heterocycles. The highest BCUT2D eigenvalue weighted by Gasteiger charge is 2.64. The molecule has 1 atom stereocenters. The molecule has 4 rings (SSSR count). The number of thiophene rings is 1. The van der Waals surface area contributed by atoms with Gasteiger partial charge in [0.25, 0.3) is 5.56 Å². The Balaban J connectivity index is 1.94. The zero-order valence-electron chi connectivity index (χ0n) is 9.96. The summed E-state index contributed by atoms with van der Waals surface area (Å²) in [7, 11) is 0. The highest BCUT2D eigenvalue weighted by molar-refractivity contribution is 7.18. The normalized spacial score (nSPS) is 24.5. The minimum Gasteiger partial charge on any atom is -0.310 e. The fourth-order valence-corrected chi connectivity index (χ4v) is 3.92. The van der Waals surface area contributed by atoms with E-state index < -0.39 is 0 Å². The van der Waals surface area contributed by atoms with Gasteiger partial charge in [-0.05, 0) is 44.1 Å². The van der Waals surface area contributed by atoms with Gasteiger partial charge in [0.05, 0.1) is 5.39 Å². The predicted octanol–water partition coefficient (Wildman–Crippen LogP) is 2.87. The van der Waals surface area contributed by atoms with Crippen LogP contribution in [0.4, 0.5) is 0 Å². The average Bonchev–Trinajstić information content (AvgIpc) is 3.17. The number of nitrogens with zero attached hydrogens (tertiary/aromatic N) is 1. The number of aromatic amines is 1. The third-order valence-electron chi connectivity index (χ3n) is 4.47. The maximum Gasteiger partial charge on any atom is 0.259 e. The molecule has 1 N–H and O–H groups in total. The Morgan fingerprint density at radius 3 is 2.82 bits per heavy atom. The highest BCUT2D eigenvalue weighted by Crippen LogP contribution is 2.74. The van der Waals surface area contributed by atoms with Crippen molar-refractivity contribution in [1.29, 1.82) is 0 Å². The molecule has 2 aliphatic rings. The minimum absolute atomic E-state index is 0.0505. The molecule has 2 saturated carbocycles. The number of hydrogen-bond donors (Lipinski definition) is 1. The van der Waals surface area contributed by atoms with Crippen molar-refractivity contribution in [2.75, 3.05) is 0 Å². The third kappa shape index (κ3) is 1.22. The van der Waals surface area contributed by atoms with E-state index in [1.807, 2.05) is 6.92 Å². The molecule has 2 aromatic rings. The lowest BCUT2D eigenvalue weighted by atomic mass is 10.2. The molecular formula is C13H14N2OS. The summed E-state index contributed by atoms with van der Waals surface area (Å²) < 4.78 is 0. The van der Waals surface area contributed by atoms with E-state index in [1.54, 1.807) is 11.3 Å². The van der Waals surface area contributed by atoms with Crippen LogP contribution in [0.5, 0.6) is 0 Å². The van der Waals surface area contributed by atoms with E-state index in [1.165, 1.54) is 24.1 Å². The largest absolute Gasteiger partial charge is 0.310 e. The van der Waals surface area contributed by atoms with Gasteiger partial charge >= 0.3 is 0 Å². The van der Waals surface area contributed by atoms with Crippen LogP contribution in [-0.2, 0) is 0 Å². The van der Waals surface area contributed by atoms with Crippen LogP contribution in [0.25, 0.3) is 10.2 Å². The third-order valence-corrected chi connectivity index (χ3v) is 5.57. The van der Waals surface area contributed by atoms with Crippen LogP contribution in [0.15, 0.2) is 4.79 Å². The van der Waals surface area contributed by atoms with Crippen LogP contribution in [0.2, 0.25) is 0 Å². The first-order chi connectivity index (χ1) is 8.11. The molecule has 3 nitrogen and oxygen atoms in total. The van der Waals surface area contributed by atoms with Crippen molar-refractivity contribution in [2.45, 2.75) is 39.0 Å². The van der Waals surface area contributed by atoms with Crippen LogP contribution in [0.1, 0.15) is 41.4 Å². The average molecular weight is 246 g/mol. The van der Waals surface area contributed by atoms with Crippen molar-refractivity contribution in [3.8, 4) is 0 Å². The summed E-state index contributed by atoms with van der Waals surface area (Å²) in [5.41, 5.74) is 1.68. The molecule has 0 radical (unpaired) electrons. The van der Waals surface area contributed by atoms with Crippen LogP contribution < -0.4 is 5.56 Å². The Morgan fingerprint density at radius 2 is 2.18 bits per heavy atom. The minimum atomic E-state index is 0.0505. The standard InChI is InChI=1S/C13H14N2OS/c1-6-7(2)17-12-9(6)11(16)14-10(15-12)8-5-13(8)3-4-13/h8H,3-5H2,1-2H3,(H,14,15,16). The van der Waals surface area contributed by atoms with Gasteiger partial charge in [-0.1, -0.05) is 0 Å².